The molecule has 0 aliphatic heterocycles. The lowest BCUT2D eigenvalue weighted by Gasteiger charge is -2.08. The molecule has 2 aromatic carbocycles. The molecule has 2 aromatic rings. The zero-order valence-corrected chi connectivity index (χ0v) is 11.5. The van der Waals surface area contributed by atoms with Crippen LogP contribution in [0.25, 0.3) is 0 Å². The number of carbonyl (C=O) groups is 1. The Bertz CT molecular complexity index is 591. The quantitative estimate of drug-likeness (QED) is 0.479. The molecular formula is C15H13NO6. The maximum Gasteiger partial charge on any atom is 0.335 e. The van der Waals surface area contributed by atoms with Crippen molar-refractivity contribution in [3.8, 4) is 11.5 Å². The zero-order chi connectivity index (χ0) is 15.9. The van der Waals surface area contributed by atoms with E-state index in [0.29, 0.717) is 11.5 Å². The van der Waals surface area contributed by atoms with Crippen LogP contribution in [-0.4, -0.2) is 29.2 Å². The molecule has 0 fully saturated rings. The van der Waals surface area contributed by atoms with E-state index in [1.54, 1.807) is 12.1 Å². The van der Waals surface area contributed by atoms with Gasteiger partial charge in [0.1, 0.15) is 24.7 Å². The van der Waals surface area contributed by atoms with Gasteiger partial charge in [-0.2, -0.15) is 0 Å². The van der Waals surface area contributed by atoms with Crippen LogP contribution in [0.15, 0.2) is 48.5 Å². The van der Waals surface area contributed by atoms with Gasteiger partial charge in [0.15, 0.2) is 0 Å². The molecule has 0 unspecified atom stereocenters. The Morgan fingerprint density at radius 3 is 1.82 bits per heavy atom. The van der Waals surface area contributed by atoms with Crippen molar-refractivity contribution < 1.29 is 24.3 Å². The first-order chi connectivity index (χ1) is 10.6. The molecule has 0 saturated heterocycles. The van der Waals surface area contributed by atoms with Gasteiger partial charge in [0.2, 0.25) is 0 Å². The monoisotopic (exact) mass is 303 g/mol. The molecule has 0 amide bonds. The molecule has 0 aliphatic carbocycles. The standard InChI is InChI=1S/C15H13NO6/c17-15(18)11-1-5-13(6-2-11)21-9-10-22-14-7-3-12(4-8-14)16(19)20/h1-8H,9-10H2,(H,17,18). The number of hydrogen-bond acceptors (Lipinski definition) is 5. The van der Waals surface area contributed by atoms with Crippen LogP contribution in [-0.2, 0) is 0 Å². The molecule has 7 heteroatoms. The number of aromatic carboxylic acids is 1. The Hall–Kier alpha value is -3.09. The van der Waals surface area contributed by atoms with E-state index in [2.05, 4.69) is 0 Å². The third-order valence-corrected chi connectivity index (χ3v) is 2.77. The van der Waals surface area contributed by atoms with Gasteiger partial charge >= 0.3 is 5.97 Å². The minimum atomic E-state index is -0.993. The molecule has 0 bridgehead atoms. The Morgan fingerprint density at radius 2 is 1.41 bits per heavy atom. The normalized spacial score (nSPS) is 10.0. The van der Waals surface area contributed by atoms with Crippen LogP contribution in [0.3, 0.4) is 0 Å². The van der Waals surface area contributed by atoms with Gasteiger partial charge in [-0.3, -0.25) is 10.1 Å². The lowest BCUT2D eigenvalue weighted by atomic mass is 10.2. The molecule has 0 saturated carbocycles. The molecule has 0 radical (unpaired) electrons. The van der Waals surface area contributed by atoms with Crippen molar-refractivity contribution in [1.29, 1.82) is 0 Å². The maximum atomic E-state index is 10.7. The molecule has 0 aliphatic rings. The number of rotatable bonds is 7. The molecule has 114 valence electrons. The summed E-state index contributed by atoms with van der Waals surface area (Å²) >= 11 is 0. The molecule has 0 heterocycles. The SMILES string of the molecule is O=C(O)c1ccc(OCCOc2ccc([N+](=O)[O-])cc2)cc1. The number of nitro benzene ring substituents is 1. The van der Waals surface area contributed by atoms with E-state index < -0.39 is 10.9 Å². The van der Waals surface area contributed by atoms with E-state index in [0.717, 1.165) is 0 Å². The summed E-state index contributed by atoms with van der Waals surface area (Å²) in [7, 11) is 0. The van der Waals surface area contributed by atoms with Crippen molar-refractivity contribution in [3.05, 3.63) is 64.2 Å². The van der Waals surface area contributed by atoms with Gasteiger partial charge in [-0.1, -0.05) is 0 Å². The molecule has 0 aromatic heterocycles. The molecule has 1 N–H and O–H groups in total. The highest BCUT2D eigenvalue weighted by Gasteiger charge is 2.05. The fourth-order valence-corrected chi connectivity index (χ4v) is 1.68. The van der Waals surface area contributed by atoms with E-state index in [-0.39, 0.29) is 24.5 Å². The van der Waals surface area contributed by atoms with E-state index in [9.17, 15) is 14.9 Å². The lowest BCUT2D eigenvalue weighted by molar-refractivity contribution is -0.384. The van der Waals surface area contributed by atoms with Gasteiger partial charge in [0.25, 0.3) is 5.69 Å². The van der Waals surface area contributed by atoms with Crippen molar-refractivity contribution in [2.24, 2.45) is 0 Å². The minimum absolute atomic E-state index is 0.00196. The number of carboxylic acids is 1. The molecule has 0 spiro atoms. The smallest absolute Gasteiger partial charge is 0.335 e. The minimum Gasteiger partial charge on any atom is -0.490 e. The summed E-state index contributed by atoms with van der Waals surface area (Å²) in [5.41, 5.74) is 0.191. The second-order valence-corrected chi connectivity index (χ2v) is 4.28. The number of hydrogen-bond donors (Lipinski definition) is 1. The number of carboxylic acid groups (broad SMARTS) is 1. The van der Waals surface area contributed by atoms with Crippen molar-refractivity contribution in [3.63, 3.8) is 0 Å². The summed E-state index contributed by atoms with van der Waals surface area (Å²) in [5, 5.41) is 19.3. The second kappa shape index (κ2) is 7.07. The van der Waals surface area contributed by atoms with Crippen LogP contribution in [0, 0.1) is 10.1 Å². The fraction of sp³-hybridized carbons (Fsp3) is 0.133. The van der Waals surface area contributed by atoms with Crippen LogP contribution >= 0.6 is 0 Å². The molecule has 7 nitrogen and oxygen atoms in total. The van der Waals surface area contributed by atoms with Crippen molar-refractivity contribution in [1.82, 2.24) is 0 Å². The van der Waals surface area contributed by atoms with Gasteiger partial charge in [0.05, 0.1) is 10.5 Å². The predicted octanol–water partition coefficient (Wildman–Crippen LogP) is 2.75. The van der Waals surface area contributed by atoms with Crippen LogP contribution in [0.2, 0.25) is 0 Å². The molecule has 22 heavy (non-hydrogen) atoms. The van der Waals surface area contributed by atoms with Gasteiger partial charge < -0.3 is 14.6 Å². The third kappa shape index (κ3) is 4.20. The average Bonchev–Trinajstić information content (AvgIpc) is 2.52. The fourth-order valence-electron chi connectivity index (χ4n) is 1.68. The average molecular weight is 303 g/mol. The van der Waals surface area contributed by atoms with E-state index in [1.165, 1.54) is 36.4 Å². The molecule has 0 atom stereocenters. The van der Waals surface area contributed by atoms with Gasteiger partial charge in [-0.05, 0) is 36.4 Å². The first-order valence-electron chi connectivity index (χ1n) is 6.39. The molecular weight excluding hydrogens is 290 g/mol. The first-order valence-corrected chi connectivity index (χ1v) is 6.39. The Morgan fingerprint density at radius 1 is 0.955 bits per heavy atom. The lowest BCUT2D eigenvalue weighted by Crippen LogP contribution is -2.09. The van der Waals surface area contributed by atoms with Gasteiger partial charge in [0, 0.05) is 12.1 Å². The van der Waals surface area contributed by atoms with E-state index in [1.807, 2.05) is 0 Å². The first kappa shape index (κ1) is 15.3. The second-order valence-electron chi connectivity index (χ2n) is 4.28. The Balaban J connectivity index is 1.77. The van der Waals surface area contributed by atoms with Crippen molar-refractivity contribution >= 4 is 11.7 Å². The van der Waals surface area contributed by atoms with E-state index >= 15 is 0 Å². The summed E-state index contributed by atoms with van der Waals surface area (Å²) in [5.74, 6) is 0.0563. The molecule has 2 rings (SSSR count). The largest absolute Gasteiger partial charge is 0.490 e. The summed E-state index contributed by atoms with van der Waals surface area (Å²) in [6.45, 7) is 0.530. The van der Waals surface area contributed by atoms with Crippen LogP contribution in [0.4, 0.5) is 5.69 Å². The number of benzene rings is 2. The predicted molar refractivity (Wildman–Crippen MR) is 77.5 cm³/mol. The maximum absolute atomic E-state index is 10.7. The highest BCUT2D eigenvalue weighted by Crippen LogP contribution is 2.17. The summed E-state index contributed by atoms with van der Waals surface area (Å²) in [6.07, 6.45) is 0. The highest BCUT2D eigenvalue weighted by atomic mass is 16.6. The van der Waals surface area contributed by atoms with Crippen molar-refractivity contribution in [2.75, 3.05) is 13.2 Å². The van der Waals surface area contributed by atoms with Crippen molar-refractivity contribution in [2.45, 2.75) is 0 Å². The van der Waals surface area contributed by atoms with Crippen LogP contribution < -0.4 is 9.47 Å². The van der Waals surface area contributed by atoms with E-state index in [4.69, 9.17) is 14.6 Å². The zero-order valence-electron chi connectivity index (χ0n) is 11.5. The summed E-state index contributed by atoms with van der Waals surface area (Å²) in [6, 6.07) is 11.8. The number of non-ortho nitro benzene ring substituents is 1. The Labute approximate surface area is 125 Å². The van der Waals surface area contributed by atoms with Crippen LogP contribution in [0.1, 0.15) is 10.4 Å². The van der Waals surface area contributed by atoms with Gasteiger partial charge in [-0.25, -0.2) is 4.79 Å². The number of nitro groups is 1. The Kier molecular flexibility index (Phi) is 4.92. The third-order valence-electron chi connectivity index (χ3n) is 2.77. The summed E-state index contributed by atoms with van der Waals surface area (Å²) in [4.78, 5) is 20.7. The number of nitrogens with zero attached hydrogens (tertiary/aromatic N) is 1. The topological polar surface area (TPSA) is 98.9 Å². The summed E-state index contributed by atoms with van der Waals surface area (Å²) < 4.78 is 10.8. The van der Waals surface area contributed by atoms with Crippen LogP contribution in [0.5, 0.6) is 11.5 Å². The highest BCUT2D eigenvalue weighted by molar-refractivity contribution is 5.87. The van der Waals surface area contributed by atoms with Gasteiger partial charge in [-0.15, -0.1) is 0 Å². The number of ether oxygens (including phenoxy) is 2.